The van der Waals surface area contributed by atoms with Gasteiger partial charge in [0.2, 0.25) is 0 Å². The first-order chi connectivity index (χ1) is 11.7. The summed E-state index contributed by atoms with van der Waals surface area (Å²) < 4.78 is 0. The van der Waals surface area contributed by atoms with E-state index in [0.717, 1.165) is 18.5 Å². The molecule has 1 unspecified atom stereocenters. The predicted octanol–water partition coefficient (Wildman–Crippen LogP) is 5.76. The first-order valence-corrected chi connectivity index (χ1v) is 9.30. The molecule has 1 heteroatoms. The molecule has 1 aliphatic carbocycles. The fourth-order valence-electron chi connectivity index (χ4n) is 4.11. The van der Waals surface area contributed by atoms with Crippen molar-refractivity contribution < 1.29 is 0 Å². The van der Waals surface area contributed by atoms with E-state index in [0.29, 0.717) is 6.04 Å². The van der Waals surface area contributed by atoms with Crippen molar-refractivity contribution in [3.8, 4) is 0 Å². The van der Waals surface area contributed by atoms with Crippen LogP contribution in [0.1, 0.15) is 66.1 Å². The molecule has 0 radical (unpaired) electrons. The van der Waals surface area contributed by atoms with Crippen molar-refractivity contribution in [1.82, 2.24) is 5.32 Å². The number of benzene rings is 2. The second kappa shape index (κ2) is 7.25. The van der Waals surface area contributed by atoms with Crippen LogP contribution >= 0.6 is 0 Å². The molecule has 0 saturated heterocycles. The predicted molar refractivity (Wildman–Crippen MR) is 104 cm³/mol. The van der Waals surface area contributed by atoms with Crippen LogP contribution < -0.4 is 5.32 Å². The van der Waals surface area contributed by atoms with Crippen LogP contribution in [0.2, 0.25) is 0 Å². The van der Waals surface area contributed by atoms with Gasteiger partial charge in [0, 0.05) is 11.3 Å². The highest BCUT2D eigenvalue weighted by molar-refractivity contribution is 5.70. The first kappa shape index (κ1) is 16.8. The number of hydrogen-bond acceptors (Lipinski definition) is 1. The summed E-state index contributed by atoms with van der Waals surface area (Å²) >= 11 is 0. The van der Waals surface area contributed by atoms with Gasteiger partial charge >= 0.3 is 0 Å². The zero-order chi connectivity index (χ0) is 17.1. The van der Waals surface area contributed by atoms with Crippen molar-refractivity contribution in [2.45, 2.75) is 58.9 Å². The lowest BCUT2D eigenvalue weighted by atomic mass is 9.86. The molecule has 0 spiro atoms. The summed E-state index contributed by atoms with van der Waals surface area (Å²) in [6.45, 7) is 11.1. The van der Waals surface area contributed by atoms with E-state index in [9.17, 15) is 0 Å². The monoisotopic (exact) mass is 319 g/mol. The minimum Gasteiger partial charge on any atom is -0.378 e. The zero-order valence-electron chi connectivity index (χ0n) is 15.3. The molecule has 24 heavy (non-hydrogen) atoms. The van der Waals surface area contributed by atoms with Crippen LogP contribution in [0, 0.1) is 6.92 Å². The molecule has 2 aromatic rings. The third kappa shape index (κ3) is 3.13. The lowest BCUT2D eigenvalue weighted by Crippen LogP contribution is -2.24. The van der Waals surface area contributed by atoms with Crippen molar-refractivity contribution in [1.29, 1.82) is 0 Å². The molecule has 1 N–H and O–H groups in total. The molecule has 1 nitrogen and oxygen atoms in total. The Hall–Kier alpha value is -2.02. The van der Waals surface area contributed by atoms with Crippen molar-refractivity contribution in [2.75, 3.05) is 0 Å². The zero-order valence-corrected chi connectivity index (χ0v) is 15.3. The standard InChI is InChI=1S/C23H29N/c1-5-18-15-14-16(3)20(6-2)23(18)17(4)24-22-13-9-11-19-10-7-8-12-21(19)22/h7-8,10,12,14-15,22,24H,4-6,9,11,13H2,1-3H3. The van der Waals surface area contributed by atoms with E-state index < -0.39 is 0 Å². The highest BCUT2D eigenvalue weighted by Gasteiger charge is 2.21. The summed E-state index contributed by atoms with van der Waals surface area (Å²) in [6.07, 6.45) is 5.73. The van der Waals surface area contributed by atoms with Gasteiger partial charge in [-0.15, -0.1) is 0 Å². The van der Waals surface area contributed by atoms with Gasteiger partial charge in [-0.05, 0) is 66.8 Å². The summed E-state index contributed by atoms with van der Waals surface area (Å²) in [6, 6.07) is 13.8. The average Bonchev–Trinajstić information content (AvgIpc) is 2.61. The van der Waals surface area contributed by atoms with Gasteiger partial charge in [-0.2, -0.15) is 0 Å². The highest BCUT2D eigenvalue weighted by Crippen LogP contribution is 2.33. The Morgan fingerprint density at radius 1 is 1.12 bits per heavy atom. The maximum absolute atomic E-state index is 4.44. The Labute approximate surface area is 146 Å². The summed E-state index contributed by atoms with van der Waals surface area (Å²) in [5.74, 6) is 0. The molecular weight excluding hydrogens is 290 g/mol. The second-order valence-electron chi connectivity index (χ2n) is 6.87. The van der Waals surface area contributed by atoms with Crippen molar-refractivity contribution in [2.24, 2.45) is 0 Å². The Balaban J connectivity index is 1.93. The molecular formula is C23H29N. The third-order valence-corrected chi connectivity index (χ3v) is 5.39. The Kier molecular flexibility index (Phi) is 5.08. The number of rotatable bonds is 5. The van der Waals surface area contributed by atoms with Gasteiger partial charge in [-0.1, -0.05) is 56.8 Å². The van der Waals surface area contributed by atoms with Crippen molar-refractivity contribution >= 4 is 5.70 Å². The molecule has 0 amide bonds. The Morgan fingerprint density at radius 3 is 2.67 bits per heavy atom. The van der Waals surface area contributed by atoms with Crippen LogP contribution in [0.3, 0.4) is 0 Å². The summed E-state index contributed by atoms with van der Waals surface area (Å²) in [4.78, 5) is 0. The van der Waals surface area contributed by atoms with Gasteiger partial charge in [0.05, 0.1) is 6.04 Å². The Morgan fingerprint density at radius 2 is 1.92 bits per heavy atom. The van der Waals surface area contributed by atoms with E-state index >= 15 is 0 Å². The first-order valence-electron chi connectivity index (χ1n) is 9.30. The number of nitrogens with one attached hydrogen (secondary N) is 1. The normalized spacial score (nSPS) is 16.5. The van der Waals surface area contributed by atoms with Crippen molar-refractivity contribution in [3.05, 3.63) is 76.4 Å². The molecule has 2 aromatic carbocycles. The van der Waals surface area contributed by atoms with Crippen LogP contribution in [-0.2, 0) is 19.3 Å². The van der Waals surface area contributed by atoms with Gasteiger partial charge in [-0.25, -0.2) is 0 Å². The number of hydrogen-bond donors (Lipinski definition) is 1. The summed E-state index contributed by atoms with van der Waals surface area (Å²) in [5.41, 5.74) is 9.60. The van der Waals surface area contributed by atoms with Gasteiger partial charge in [0.15, 0.2) is 0 Å². The fraction of sp³-hybridized carbons (Fsp3) is 0.391. The molecule has 0 saturated carbocycles. The third-order valence-electron chi connectivity index (χ3n) is 5.39. The summed E-state index contributed by atoms with van der Waals surface area (Å²) in [7, 11) is 0. The van der Waals surface area contributed by atoms with E-state index in [1.165, 1.54) is 52.6 Å². The fourth-order valence-corrected chi connectivity index (χ4v) is 4.11. The SMILES string of the molecule is C=C(NC1CCCc2ccccc21)c1c(CC)ccc(C)c1CC. The average molecular weight is 319 g/mol. The second-order valence-corrected chi connectivity index (χ2v) is 6.87. The Bertz CT molecular complexity index is 742. The molecule has 1 aliphatic rings. The topological polar surface area (TPSA) is 12.0 Å². The maximum Gasteiger partial charge on any atom is 0.0516 e. The van der Waals surface area contributed by atoms with E-state index in [2.05, 4.69) is 69.1 Å². The van der Waals surface area contributed by atoms with Gasteiger partial charge in [0.1, 0.15) is 0 Å². The molecule has 3 rings (SSSR count). The van der Waals surface area contributed by atoms with E-state index in [-0.39, 0.29) is 0 Å². The lowest BCUT2D eigenvalue weighted by molar-refractivity contribution is 0.520. The molecule has 0 bridgehead atoms. The van der Waals surface area contributed by atoms with Crippen molar-refractivity contribution in [3.63, 3.8) is 0 Å². The van der Waals surface area contributed by atoms with Crippen LogP contribution in [0.25, 0.3) is 5.70 Å². The van der Waals surface area contributed by atoms with E-state index in [1.807, 2.05) is 0 Å². The highest BCUT2D eigenvalue weighted by atomic mass is 14.9. The molecule has 126 valence electrons. The van der Waals surface area contributed by atoms with Crippen LogP contribution in [0.4, 0.5) is 0 Å². The van der Waals surface area contributed by atoms with Gasteiger partial charge < -0.3 is 5.32 Å². The van der Waals surface area contributed by atoms with Crippen LogP contribution in [0.15, 0.2) is 43.0 Å². The van der Waals surface area contributed by atoms with Crippen LogP contribution in [-0.4, -0.2) is 0 Å². The molecule has 0 heterocycles. The molecule has 0 aliphatic heterocycles. The largest absolute Gasteiger partial charge is 0.378 e. The number of fused-ring (bicyclic) bond motifs is 1. The molecule has 0 aromatic heterocycles. The molecule has 0 fully saturated rings. The maximum atomic E-state index is 4.44. The lowest BCUT2D eigenvalue weighted by Gasteiger charge is -2.29. The van der Waals surface area contributed by atoms with Gasteiger partial charge in [0.25, 0.3) is 0 Å². The number of aryl methyl sites for hydroxylation is 3. The van der Waals surface area contributed by atoms with Crippen LogP contribution in [0.5, 0.6) is 0 Å². The van der Waals surface area contributed by atoms with Gasteiger partial charge in [-0.3, -0.25) is 0 Å². The van der Waals surface area contributed by atoms with E-state index in [4.69, 9.17) is 0 Å². The minimum atomic E-state index is 0.386. The molecule has 1 atom stereocenters. The minimum absolute atomic E-state index is 0.386. The smallest absolute Gasteiger partial charge is 0.0516 e. The van der Waals surface area contributed by atoms with E-state index in [1.54, 1.807) is 0 Å². The quantitative estimate of drug-likeness (QED) is 0.739. The summed E-state index contributed by atoms with van der Waals surface area (Å²) in [5, 5.41) is 3.77.